The smallest absolute Gasteiger partial charge is 0.128 e. The van der Waals surface area contributed by atoms with Gasteiger partial charge in [-0.2, -0.15) is 0 Å². The Kier molecular flexibility index (Phi) is 10.4. The molecule has 0 unspecified atom stereocenters. The molecule has 0 rings (SSSR count). The van der Waals surface area contributed by atoms with E-state index >= 15 is 0 Å². The third kappa shape index (κ3) is 11.1. The maximum Gasteiger partial charge on any atom is 0.128 e. The maximum atomic E-state index is 9.75. The normalized spacial score (nSPS) is 9.23. The van der Waals surface area contributed by atoms with Crippen molar-refractivity contribution in [2.45, 2.75) is 51.4 Å². The van der Waals surface area contributed by atoms with Crippen molar-refractivity contribution >= 4 is 12.2 Å². The summed E-state index contributed by atoms with van der Waals surface area (Å²) in [5.74, 6) is 1.66. The zero-order valence-corrected chi connectivity index (χ0v) is 8.07. The third-order valence-corrected chi connectivity index (χ3v) is 1.93. The molecule has 2 heteroatoms. The van der Waals surface area contributed by atoms with Crippen LogP contribution in [0, 0.1) is 11.5 Å². The second-order valence-corrected chi connectivity index (χ2v) is 3.08. The number of unbranched alkanes of at least 4 members (excludes halogenated alkanes) is 7. The molecule has 13 heavy (non-hydrogen) atoms. The van der Waals surface area contributed by atoms with Crippen molar-refractivity contribution in [1.82, 2.24) is 0 Å². The Bertz CT molecular complexity index is 159. The predicted molar refractivity (Wildman–Crippen MR) is 53.6 cm³/mol. The minimum Gasteiger partial charge on any atom is -0.303 e. The number of allylic oxidation sites excluding steroid dienone is 1. The molecule has 0 heterocycles. The maximum absolute atomic E-state index is 9.75. The highest BCUT2D eigenvalue weighted by Gasteiger charge is 1.89. The minimum absolute atomic E-state index is 0.748. The van der Waals surface area contributed by atoms with E-state index < -0.39 is 0 Å². The van der Waals surface area contributed by atoms with E-state index in [1.807, 2.05) is 0 Å². The second kappa shape index (κ2) is 11.1. The zero-order valence-electron chi connectivity index (χ0n) is 8.07. The van der Waals surface area contributed by atoms with Crippen molar-refractivity contribution < 1.29 is 4.79 Å². The summed E-state index contributed by atoms with van der Waals surface area (Å²) in [5, 5.41) is 6.70. The summed E-state index contributed by atoms with van der Waals surface area (Å²) in [6.45, 7) is 0. The van der Waals surface area contributed by atoms with Crippen molar-refractivity contribution in [3.05, 3.63) is 6.08 Å². The van der Waals surface area contributed by atoms with Gasteiger partial charge in [-0.25, -0.2) is 4.79 Å². The average Bonchev–Trinajstić information content (AvgIpc) is 2.16. The van der Waals surface area contributed by atoms with Gasteiger partial charge in [-0.3, -0.25) is 0 Å². The molecular formula is C11H17NO. The zero-order chi connectivity index (χ0) is 9.78. The molecule has 0 aromatic rings. The third-order valence-electron chi connectivity index (χ3n) is 1.93. The molecule has 0 atom stereocenters. The molecule has 1 N–H and O–H groups in total. The highest BCUT2D eigenvalue weighted by molar-refractivity contribution is 5.52. The first kappa shape index (κ1) is 12.1. The van der Waals surface area contributed by atoms with Crippen molar-refractivity contribution in [1.29, 1.82) is 5.41 Å². The molecule has 0 amide bonds. The molecule has 0 bridgehead atoms. The number of rotatable bonds is 9. The van der Waals surface area contributed by atoms with E-state index in [1.165, 1.54) is 25.7 Å². The fourth-order valence-electron chi connectivity index (χ4n) is 1.18. The second-order valence-electron chi connectivity index (χ2n) is 3.08. The van der Waals surface area contributed by atoms with Crippen molar-refractivity contribution in [2.24, 2.45) is 0 Å². The van der Waals surface area contributed by atoms with Crippen LogP contribution < -0.4 is 0 Å². The lowest BCUT2D eigenvalue weighted by molar-refractivity contribution is 0.565. The highest BCUT2D eigenvalue weighted by Crippen LogP contribution is 2.07. The van der Waals surface area contributed by atoms with Crippen LogP contribution in [0.1, 0.15) is 51.4 Å². The molecule has 72 valence electrons. The van der Waals surface area contributed by atoms with Gasteiger partial charge in [-0.1, -0.05) is 25.7 Å². The lowest BCUT2D eigenvalue weighted by Gasteiger charge is -1.97. The number of hydrogen-bond acceptors (Lipinski definition) is 2. The lowest BCUT2D eigenvalue weighted by Crippen LogP contribution is -1.80. The predicted octanol–water partition coefficient (Wildman–Crippen LogP) is 2.82. The van der Waals surface area contributed by atoms with Crippen LogP contribution in [0.15, 0.2) is 0 Å². The van der Waals surface area contributed by atoms with Crippen molar-refractivity contribution in [3.8, 4) is 0 Å². The average molecular weight is 179 g/mol. The van der Waals surface area contributed by atoms with E-state index in [9.17, 15) is 4.79 Å². The molecular weight excluding hydrogens is 162 g/mol. The summed E-state index contributed by atoms with van der Waals surface area (Å²) in [7, 11) is 0. The van der Waals surface area contributed by atoms with Crippen LogP contribution in [0.25, 0.3) is 0 Å². The molecule has 0 saturated heterocycles. The molecule has 2 nitrogen and oxygen atoms in total. The summed E-state index contributed by atoms with van der Waals surface area (Å²) < 4.78 is 0. The summed E-state index contributed by atoms with van der Waals surface area (Å²) in [4.78, 5) is 9.75. The molecule has 0 aromatic heterocycles. The van der Waals surface area contributed by atoms with Gasteiger partial charge in [0.15, 0.2) is 0 Å². The summed E-state index contributed by atoms with van der Waals surface area (Å²) in [6.07, 6.45) is 13.4. The Balaban J connectivity index is 2.90. The standard InChI is InChI=1S/C11H17NO/c12-10-8-6-4-2-1-3-5-7-9-11-13/h12H,1-8H2. The summed E-state index contributed by atoms with van der Waals surface area (Å²) in [5.41, 5.74) is 0. The van der Waals surface area contributed by atoms with E-state index in [1.54, 1.807) is 5.94 Å². The fourth-order valence-corrected chi connectivity index (χ4v) is 1.18. The van der Waals surface area contributed by atoms with Gasteiger partial charge >= 0.3 is 0 Å². The molecule has 0 saturated carbocycles. The topological polar surface area (TPSA) is 40.9 Å². The fraction of sp³-hybridized carbons (Fsp3) is 0.727. The van der Waals surface area contributed by atoms with Gasteiger partial charge in [-0.15, -0.1) is 0 Å². The molecule has 0 aromatic carbocycles. The van der Waals surface area contributed by atoms with E-state index in [4.69, 9.17) is 5.41 Å². The van der Waals surface area contributed by atoms with Gasteiger partial charge in [0.1, 0.15) is 5.94 Å². The van der Waals surface area contributed by atoms with Gasteiger partial charge in [0.05, 0.1) is 12.3 Å². The molecule has 0 aliphatic rings. The molecule has 0 spiro atoms. The number of nitrogens with one attached hydrogen (secondary N) is 1. The molecule has 0 fully saturated rings. The SMILES string of the molecule is N=[C]CCCCCCCC[C]=C=O. The van der Waals surface area contributed by atoms with Crippen LogP contribution >= 0.6 is 0 Å². The number of carbonyl (C=O) groups excluding carboxylic acids is 1. The van der Waals surface area contributed by atoms with Crippen LogP contribution in [0.2, 0.25) is 0 Å². The highest BCUT2D eigenvalue weighted by atomic mass is 16.1. The van der Waals surface area contributed by atoms with Crippen LogP contribution in [-0.2, 0) is 4.79 Å². The van der Waals surface area contributed by atoms with E-state index in [2.05, 4.69) is 12.3 Å². The van der Waals surface area contributed by atoms with Crippen LogP contribution in [-0.4, -0.2) is 12.2 Å². The number of hydrogen-bond donors (Lipinski definition) is 1. The van der Waals surface area contributed by atoms with E-state index in [0.29, 0.717) is 0 Å². The monoisotopic (exact) mass is 179 g/mol. The van der Waals surface area contributed by atoms with Gasteiger partial charge in [-0.05, 0) is 25.7 Å². The van der Waals surface area contributed by atoms with Crippen LogP contribution in [0.5, 0.6) is 0 Å². The van der Waals surface area contributed by atoms with Gasteiger partial charge in [0, 0.05) is 0 Å². The molecule has 2 radical (unpaired) electrons. The Hall–Kier alpha value is -0.880. The Morgan fingerprint density at radius 2 is 1.38 bits per heavy atom. The first-order valence-electron chi connectivity index (χ1n) is 4.91. The molecule has 0 aliphatic carbocycles. The first-order chi connectivity index (χ1) is 6.41. The summed E-state index contributed by atoms with van der Waals surface area (Å²) >= 11 is 0. The van der Waals surface area contributed by atoms with Gasteiger partial charge in [0.25, 0.3) is 0 Å². The van der Waals surface area contributed by atoms with Gasteiger partial charge < -0.3 is 5.41 Å². The lowest BCUT2D eigenvalue weighted by atomic mass is 10.1. The summed E-state index contributed by atoms with van der Waals surface area (Å²) in [6, 6.07) is 0. The van der Waals surface area contributed by atoms with Gasteiger partial charge in [0.2, 0.25) is 0 Å². The van der Waals surface area contributed by atoms with Crippen LogP contribution in [0.3, 0.4) is 0 Å². The van der Waals surface area contributed by atoms with E-state index in [-0.39, 0.29) is 0 Å². The molecule has 0 aliphatic heterocycles. The van der Waals surface area contributed by atoms with Crippen molar-refractivity contribution in [2.75, 3.05) is 0 Å². The Labute approximate surface area is 80.5 Å². The van der Waals surface area contributed by atoms with Crippen LogP contribution in [0.4, 0.5) is 0 Å². The largest absolute Gasteiger partial charge is 0.303 e. The minimum atomic E-state index is 0.748. The van der Waals surface area contributed by atoms with Crippen molar-refractivity contribution in [3.63, 3.8) is 0 Å². The Morgan fingerprint density at radius 1 is 0.846 bits per heavy atom. The first-order valence-corrected chi connectivity index (χ1v) is 4.91. The van der Waals surface area contributed by atoms with E-state index in [0.717, 1.165) is 25.7 Å². The quantitative estimate of drug-likeness (QED) is 0.330. The Morgan fingerprint density at radius 3 is 1.92 bits per heavy atom.